The molecule has 5 heteroatoms. The molecule has 1 amide bonds. The van der Waals surface area contributed by atoms with Crippen molar-refractivity contribution in [3.8, 4) is 0 Å². The molecule has 0 bridgehead atoms. The van der Waals surface area contributed by atoms with Gasteiger partial charge in [0.2, 0.25) is 0 Å². The molecule has 0 radical (unpaired) electrons. The first kappa shape index (κ1) is 11.5. The molecule has 1 saturated heterocycles. The predicted octanol–water partition coefficient (Wildman–Crippen LogP) is 0.382. The van der Waals surface area contributed by atoms with Crippen molar-refractivity contribution in [1.82, 2.24) is 15.6 Å². The number of hydrogen-bond donors (Lipinski definition) is 2. The lowest BCUT2D eigenvalue weighted by molar-refractivity contribution is 0.0958. The molecule has 1 saturated carbocycles. The molecule has 3 rings (SSSR count). The van der Waals surface area contributed by atoms with Crippen LogP contribution < -0.4 is 15.5 Å². The third kappa shape index (κ3) is 1.84. The van der Waals surface area contributed by atoms with Gasteiger partial charge in [0, 0.05) is 32.2 Å². The molecule has 2 fully saturated rings. The van der Waals surface area contributed by atoms with Crippen LogP contribution in [0.1, 0.15) is 23.3 Å². The Hall–Kier alpha value is -1.62. The van der Waals surface area contributed by atoms with E-state index in [1.165, 1.54) is 12.8 Å². The van der Waals surface area contributed by atoms with Gasteiger partial charge in [-0.15, -0.1) is 0 Å². The lowest BCUT2D eigenvalue weighted by atomic mass is 9.83. The normalized spacial score (nSPS) is 26.2. The summed E-state index contributed by atoms with van der Waals surface area (Å²) in [5, 5.41) is 6.11. The molecular weight excluding hydrogens is 228 g/mol. The lowest BCUT2D eigenvalue weighted by Gasteiger charge is -2.49. The zero-order valence-corrected chi connectivity index (χ0v) is 10.5. The predicted molar refractivity (Wildman–Crippen MR) is 69.8 cm³/mol. The standard InChI is InChI=1S/C13H18N4O/c1-14-13(18)11-3-2-9(8-16-11)17-7-6-15-10-4-5-12(10)17/h2-3,8,10,12,15H,4-7H2,1H3,(H,14,18)/t10-,12+/m0/s1. The second kappa shape index (κ2) is 4.57. The van der Waals surface area contributed by atoms with Crippen molar-refractivity contribution in [1.29, 1.82) is 0 Å². The molecule has 2 aliphatic rings. The van der Waals surface area contributed by atoms with Crippen LogP contribution in [-0.2, 0) is 0 Å². The fourth-order valence-corrected chi connectivity index (χ4v) is 2.77. The number of fused-ring (bicyclic) bond motifs is 1. The highest BCUT2D eigenvalue weighted by Gasteiger charge is 2.38. The quantitative estimate of drug-likeness (QED) is 0.792. The van der Waals surface area contributed by atoms with E-state index in [1.807, 2.05) is 12.3 Å². The smallest absolute Gasteiger partial charge is 0.269 e. The topological polar surface area (TPSA) is 57.3 Å². The Bertz CT molecular complexity index is 445. The Morgan fingerprint density at radius 3 is 3.00 bits per heavy atom. The van der Waals surface area contributed by atoms with Crippen LogP contribution in [0.15, 0.2) is 18.3 Å². The number of hydrogen-bond acceptors (Lipinski definition) is 4. The molecule has 18 heavy (non-hydrogen) atoms. The van der Waals surface area contributed by atoms with Crippen molar-refractivity contribution in [3.63, 3.8) is 0 Å². The Balaban J connectivity index is 1.78. The van der Waals surface area contributed by atoms with E-state index < -0.39 is 0 Å². The van der Waals surface area contributed by atoms with Gasteiger partial charge >= 0.3 is 0 Å². The van der Waals surface area contributed by atoms with Gasteiger partial charge < -0.3 is 15.5 Å². The monoisotopic (exact) mass is 246 g/mol. The minimum absolute atomic E-state index is 0.136. The first-order chi connectivity index (χ1) is 8.79. The minimum Gasteiger partial charge on any atom is -0.364 e. The van der Waals surface area contributed by atoms with Gasteiger partial charge in [0.1, 0.15) is 5.69 Å². The van der Waals surface area contributed by atoms with Crippen LogP contribution in [0, 0.1) is 0 Å². The number of anilines is 1. The highest BCUT2D eigenvalue weighted by molar-refractivity contribution is 5.92. The molecular formula is C13H18N4O. The average Bonchev–Trinajstić information content (AvgIpc) is 2.39. The summed E-state index contributed by atoms with van der Waals surface area (Å²) in [5.41, 5.74) is 1.60. The molecule has 2 N–H and O–H groups in total. The fraction of sp³-hybridized carbons (Fsp3) is 0.538. The van der Waals surface area contributed by atoms with Crippen LogP contribution in [0.3, 0.4) is 0 Å². The number of aromatic nitrogens is 1. The van der Waals surface area contributed by atoms with Crippen molar-refractivity contribution in [2.75, 3.05) is 25.0 Å². The second-order valence-electron chi connectivity index (χ2n) is 4.88. The summed E-state index contributed by atoms with van der Waals surface area (Å²) in [5.74, 6) is -0.136. The third-order valence-electron chi connectivity index (χ3n) is 3.94. The zero-order valence-electron chi connectivity index (χ0n) is 10.5. The molecule has 5 nitrogen and oxygen atoms in total. The summed E-state index contributed by atoms with van der Waals surface area (Å²) >= 11 is 0. The number of nitrogens with one attached hydrogen (secondary N) is 2. The van der Waals surface area contributed by atoms with Gasteiger partial charge in [-0.3, -0.25) is 4.79 Å². The van der Waals surface area contributed by atoms with Crippen molar-refractivity contribution in [2.24, 2.45) is 0 Å². The lowest BCUT2D eigenvalue weighted by Crippen LogP contribution is -2.63. The number of rotatable bonds is 2. The van der Waals surface area contributed by atoms with Crippen LogP contribution in [0.25, 0.3) is 0 Å². The van der Waals surface area contributed by atoms with E-state index in [-0.39, 0.29) is 5.91 Å². The molecule has 0 spiro atoms. The van der Waals surface area contributed by atoms with E-state index in [0.717, 1.165) is 18.8 Å². The molecule has 0 unspecified atom stereocenters. The summed E-state index contributed by atoms with van der Waals surface area (Å²) in [4.78, 5) is 18.1. The molecule has 1 aromatic rings. The van der Waals surface area contributed by atoms with E-state index in [4.69, 9.17) is 0 Å². The number of piperazine rings is 1. The Morgan fingerprint density at radius 1 is 1.50 bits per heavy atom. The minimum atomic E-state index is -0.136. The van der Waals surface area contributed by atoms with Gasteiger partial charge in [-0.1, -0.05) is 0 Å². The largest absolute Gasteiger partial charge is 0.364 e. The number of carbonyl (C=O) groups is 1. The number of amides is 1. The number of pyridine rings is 1. The molecule has 96 valence electrons. The van der Waals surface area contributed by atoms with Gasteiger partial charge in [-0.25, -0.2) is 4.98 Å². The number of nitrogens with zero attached hydrogens (tertiary/aromatic N) is 2. The fourth-order valence-electron chi connectivity index (χ4n) is 2.77. The van der Waals surface area contributed by atoms with Crippen LogP contribution >= 0.6 is 0 Å². The van der Waals surface area contributed by atoms with E-state index in [1.54, 1.807) is 13.1 Å². The van der Waals surface area contributed by atoms with Crippen LogP contribution in [0.5, 0.6) is 0 Å². The summed E-state index contributed by atoms with van der Waals surface area (Å²) in [6, 6.07) is 5.03. The Labute approximate surface area is 107 Å². The average molecular weight is 246 g/mol. The molecule has 1 aliphatic heterocycles. The summed E-state index contributed by atoms with van der Waals surface area (Å²) in [7, 11) is 1.62. The Morgan fingerprint density at radius 2 is 2.39 bits per heavy atom. The molecule has 1 aromatic heterocycles. The van der Waals surface area contributed by atoms with E-state index in [2.05, 4.69) is 20.5 Å². The molecule has 2 heterocycles. The first-order valence-corrected chi connectivity index (χ1v) is 6.48. The SMILES string of the molecule is CNC(=O)c1ccc(N2CCN[C@H]3CC[C@H]32)cn1. The number of carbonyl (C=O) groups excluding carboxylic acids is 1. The summed E-state index contributed by atoms with van der Waals surface area (Å²) in [6.07, 6.45) is 4.32. The van der Waals surface area contributed by atoms with Crippen LogP contribution in [0.2, 0.25) is 0 Å². The maximum atomic E-state index is 11.4. The molecule has 0 aromatic carbocycles. The van der Waals surface area contributed by atoms with Gasteiger partial charge in [0.15, 0.2) is 0 Å². The van der Waals surface area contributed by atoms with E-state index in [9.17, 15) is 4.79 Å². The maximum absolute atomic E-state index is 11.4. The van der Waals surface area contributed by atoms with Gasteiger partial charge in [-0.05, 0) is 25.0 Å². The third-order valence-corrected chi connectivity index (χ3v) is 3.94. The highest BCUT2D eigenvalue weighted by Crippen LogP contribution is 2.31. The first-order valence-electron chi connectivity index (χ1n) is 6.48. The van der Waals surface area contributed by atoms with Crippen molar-refractivity contribution < 1.29 is 4.79 Å². The maximum Gasteiger partial charge on any atom is 0.269 e. The zero-order chi connectivity index (χ0) is 12.5. The van der Waals surface area contributed by atoms with E-state index >= 15 is 0 Å². The van der Waals surface area contributed by atoms with Gasteiger partial charge in [-0.2, -0.15) is 0 Å². The van der Waals surface area contributed by atoms with Crippen molar-refractivity contribution in [3.05, 3.63) is 24.0 Å². The Kier molecular flexibility index (Phi) is 2.91. The van der Waals surface area contributed by atoms with E-state index in [0.29, 0.717) is 17.8 Å². The highest BCUT2D eigenvalue weighted by atomic mass is 16.1. The van der Waals surface area contributed by atoms with Crippen LogP contribution in [-0.4, -0.2) is 43.1 Å². The molecule has 1 aliphatic carbocycles. The van der Waals surface area contributed by atoms with Crippen molar-refractivity contribution in [2.45, 2.75) is 24.9 Å². The van der Waals surface area contributed by atoms with Crippen molar-refractivity contribution >= 4 is 11.6 Å². The summed E-state index contributed by atoms with van der Waals surface area (Å²) in [6.45, 7) is 2.04. The van der Waals surface area contributed by atoms with Gasteiger partial charge in [0.25, 0.3) is 5.91 Å². The molecule has 2 atom stereocenters. The van der Waals surface area contributed by atoms with Gasteiger partial charge in [0.05, 0.1) is 11.9 Å². The second-order valence-corrected chi connectivity index (χ2v) is 4.88. The summed E-state index contributed by atoms with van der Waals surface area (Å²) < 4.78 is 0. The van der Waals surface area contributed by atoms with Crippen LogP contribution in [0.4, 0.5) is 5.69 Å².